The van der Waals surface area contributed by atoms with Crippen molar-refractivity contribution in [1.29, 1.82) is 0 Å². The van der Waals surface area contributed by atoms with Gasteiger partial charge in [-0.05, 0) is 62.8 Å². The molecule has 36 heavy (non-hydrogen) atoms. The Labute approximate surface area is 210 Å². The smallest absolute Gasteiger partial charge is 0.295 e. The SMILES string of the molecule is O=c1c2nc3ccccc3c(=O)n2c2ccccc2n1C1C[C@H]2CC[C@@H](C1)N2C1CCCCCCC1. The molecule has 2 bridgehead atoms. The molecule has 2 aromatic carbocycles. The van der Waals surface area contributed by atoms with Gasteiger partial charge in [0.15, 0.2) is 0 Å². The summed E-state index contributed by atoms with van der Waals surface area (Å²) < 4.78 is 3.53. The second-order valence-electron chi connectivity index (χ2n) is 11.2. The molecule has 0 N–H and O–H groups in total. The highest BCUT2D eigenvalue weighted by Gasteiger charge is 2.44. The number of hydrogen-bond acceptors (Lipinski definition) is 4. The lowest BCUT2D eigenvalue weighted by molar-refractivity contribution is 0.0498. The van der Waals surface area contributed by atoms with E-state index in [1.54, 1.807) is 6.07 Å². The Morgan fingerprint density at radius 2 is 1.28 bits per heavy atom. The van der Waals surface area contributed by atoms with Gasteiger partial charge in [0.25, 0.3) is 11.1 Å². The summed E-state index contributed by atoms with van der Waals surface area (Å²) in [4.78, 5) is 35.2. The van der Waals surface area contributed by atoms with Crippen molar-refractivity contribution in [3.63, 3.8) is 0 Å². The van der Waals surface area contributed by atoms with Crippen molar-refractivity contribution in [2.45, 2.75) is 94.8 Å². The highest BCUT2D eigenvalue weighted by Crippen LogP contribution is 2.44. The van der Waals surface area contributed by atoms with E-state index >= 15 is 0 Å². The second kappa shape index (κ2) is 8.84. The van der Waals surface area contributed by atoms with Crippen LogP contribution in [0.25, 0.3) is 27.6 Å². The van der Waals surface area contributed by atoms with Gasteiger partial charge < -0.3 is 4.57 Å². The average Bonchev–Trinajstić information content (AvgIpc) is 3.13. The third-order valence-electron chi connectivity index (χ3n) is 9.19. The van der Waals surface area contributed by atoms with Crippen LogP contribution in [0.5, 0.6) is 0 Å². The first-order valence-corrected chi connectivity index (χ1v) is 13.9. The van der Waals surface area contributed by atoms with E-state index in [1.807, 2.05) is 47.0 Å². The molecule has 6 nitrogen and oxygen atoms in total. The Hall–Kier alpha value is -2.99. The Morgan fingerprint density at radius 3 is 2.03 bits per heavy atom. The Balaban J connectivity index is 1.34. The number of para-hydroxylation sites is 3. The predicted octanol–water partition coefficient (Wildman–Crippen LogP) is 5.44. The van der Waals surface area contributed by atoms with Crippen molar-refractivity contribution in [1.82, 2.24) is 18.9 Å². The van der Waals surface area contributed by atoms with Gasteiger partial charge in [-0.3, -0.25) is 18.9 Å². The fourth-order valence-electron chi connectivity index (χ4n) is 7.66. The highest BCUT2D eigenvalue weighted by atomic mass is 16.1. The molecule has 7 rings (SSSR count). The summed E-state index contributed by atoms with van der Waals surface area (Å²) >= 11 is 0. The number of fused-ring (bicyclic) bond motifs is 6. The summed E-state index contributed by atoms with van der Waals surface area (Å²) in [5.41, 5.74) is 2.13. The van der Waals surface area contributed by atoms with Crippen molar-refractivity contribution < 1.29 is 0 Å². The molecular weight excluding hydrogens is 448 g/mol. The van der Waals surface area contributed by atoms with Gasteiger partial charge in [0.1, 0.15) is 0 Å². The predicted molar refractivity (Wildman–Crippen MR) is 144 cm³/mol. The lowest BCUT2D eigenvalue weighted by atomic mass is 9.89. The minimum absolute atomic E-state index is 0.137. The maximum absolute atomic E-state index is 14.1. The van der Waals surface area contributed by atoms with E-state index in [4.69, 9.17) is 4.98 Å². The van der Waals surface area contributed by atoms with Crippen molar-refractivity contribution in [2.24, 2.45) is 0 Å². The molecule has 0 amide bonds. The molecule has 3 atom stereocenters. The molecule has 4 heterocycles. The maximum atomic E-state index is 14.1. The first kappa shape index (κ1) is 22.2. The molecule has 2 saturated heterocycles. The van der Waals surface area contributed by atoms with Crippen LogP contribution in [0, 0.1) is 0 Å². The fourth-order valence-corrected chi connectivity index (χ4v) is 7.66. The molecule has 1 saturated carbocycles. The first-order chi connectivity index (χ1) is 17.7. The van der Waals surface area contributed by atoms with E-state index in [0.29, 0.717) is 29.0 Å². The van der Waals surface area contributed by atoms with Gasteiger partial charge in [-0.1, -0.05) is 56.4 Å². The zero-order valence-electron chi connectivity index (χ0n) is 20.8. The van der Waals surface area contributed by atoms with Crippen LogP contribution in [0.3, 0.4) is 0 Å². The van der Waals surface area contributed by atoms with Gasteiger partial charge in [-0.2, -0.15) is 0 Å². The van der Waals surface area contributed by atoms with E-state index in [0.717, 1.165) is 23.9 Å². The van der Waals surface area contributed by atoms with E-state index < -0.39 is 0 Å². The molecule has 2 aromatic heterocycles. The molecule has 1 aliphatic carbocycles. The van der Waals surface area contributed by atoms with Gasteiger partial charge in [-0.15, -0.1) is 0 Å². The van der Waals surface area contributed by atoms with Gasteiger partial charge in [0.2, 0.25) is 5.65 Å². The minimum atomic E-state index is -0.171. The van der Waals surface area contributed by atoms with Crippen molar-refractivity contribution >= 4 is 27.6 Å². The quantitative estimate of drug-likeness (QED) is 0.282. The van der Waals surface area contributed by atoms with Crippen LogP contribution in [-0.2, 0) is 0 Å². The summed E-state index contributed by atoms with van der Waals surface area (Å²) in [7, 11) is 0. The van der Waals surface area contributed by atoms with Crippen molar-refractivity contribution in [3.8, 4) is 0 Å². The van der Waals surface area contributed by atoms with Crippen LogP contribution in [0.4, 0.5) is 0 Å². The van der Waals surface area contributed by atoms with Crippen LogP contribution < -0.4 is 11.1 Å². The van der Waals surface area contributed by atoms with E-state index in [2.05, 4.69) is 4.90 Å². The van der Waals surface area contributed by atoms with Gasteiger partial charge in [-0.25, -0.2) is 4.98 Å². The zero-order valence-corrected chi connectivity index (χ0v) is 20.8. The number of nitrogens with zero attached hydrogens (tertiary/aromatic N) is 4. The zero-order chi connectivity index (χ0) is 24.2. The number of rotatable bonds is 2. The largest absolute Gasteiger partial charge is 0.300 e. The molecule has 0 spiro atoms. The molecule has 186 valence electrons. The number of aromatic nitrogens is 3. The van der Waals surface area contributed by atoms with Crippen LogP contribution >= 0.6 is 0 Å². The third-order valence-corrected chi connectivity index (χ3v) is 9.19. The fraction of sp³-hybridized carbons (Fsp3) is 0.500. The molecule has 1 unspecified atom stereocenters. The van der Waals surface area contributed by atoms with Crippen molar-refractivity contribution in [2.75, 3.05) is 0 Å². The van der Waals surface area contributed by atoms with E-state index in [1.165, 1.54) is 62.2 Å². The standard InChI is InChI=1S/C30H34N4O2/c35-29-24-12-6-7-13-25(24)31-28-30(36)33(26-14-8-9-15-27(26)34(28)29)23-18-21-16-17-22(19-23)32(21)20-10-4-2-1-3-5-11-20/h6-9,12-15,20-23H,1-5,10-11,16-19H2/t21-,22+,23?. The monoisotopic (exact) mass is 482 g/mol. The summed E-state index contributed by atoms with van der Waals surface area (Å²) in [5, 5.41) is 0.544. The topological polar surface area (TPSA) is 59.6 Å². The number of hydrogen-bond donors (Lipinski definition) is 0. The number of piperidine rings is 1. The lowest BCUT2D eigenvalue weighted by Gasteiger charge is -2.45. The molecule has 2 aliphatic heterocycles. The minimum Gasteiger partial charge on any atom is -0.300 e. The third kappa shape index (κ3) is 3.45. The summed E-state index contributed by atoms with van der Waals surface area (Å²) in [6.45, 7) is 0. The van der Waals surface area contributed by atoms with Crippen LogP contribution in [0.2, 0.25) is 0 Å². The highest BCUT2D eigenvalue weighted by molar-refractivity contribution is 5.84. The maximum Gasteiger partial charge on any atom is 0.295 e. The molecule has 4 aromatic rings. The molecular formula is C30H34N4O2. The molecule has 3 fully saturated rings. The van der Waals surface area contributed by atoms with Crippen molar-refractivity contribution in [3.05, 3.63) is 69.2 Å². The first-order valence-electron chi connectivity index (χ1n) is 13.9. The molecule has 3 aliphatic rings. The summed E-state index contributed by atoms with van der Waals surface area (Å²) in [5.74, 6) is 0. The lowest BCUT2D eigenvalue weighted by Crippen LogP contribution is -2.50. The van der Waals surface area contributed by atoms with Gasteiger partial charge in [0.05, 0.1) is 21.9 Å². The Bertz CT molecular complexity index is 1550. The average molecular weight is 483 g/mol. The van der Waals surface area contributed by atoms with Gasteiger partial charge in [0, 0.05) is 24.2 Å². The van der Waals surface area contributed by atoms with Crippen LogP contribution in [0.15, 0.2) is 58.1 Å². The normalized spacial score (nSPS) is 25.9. The van der Waals surface area contributed by atoms with E-state index in [9.17, 15) is 9.59 Å². The summed E-state index contributed by atoms with van der Waals surface area (Å²) in [6.07, 6.45) is 14.0. The second-order valence-corrected chi connectivity index (χ2v) is 11.2. The van der Waals surface area contributed by atoms with Gasteiger partial charge >= 0.3 is 0 Å². The van der Waals surface area contributed by atoms with Crippen LogP contribution in [-0.4, -0.2) is 37.0 Å². The number of benzene rings is 2. The molecule has 0 radical (unpaired) electrons. The Kier molecular flexibility index (Phi) is 5.46. The van der Waals surface area contributed by atoms with E-state index in [-0.39, 0.29) is 22.8 Å². The summed E-state index contributed by atoms with van der Waals surface area (Å²) in [6, 6.07) is 17.1. The van der Waals surface area contributed by atoms with Crippen LogP contribution in [0.1, 0.15) is 76.7 Å². The molecule has 6 heteroatoms. The Morgan fingerprint density at radius 1 is 0.639 bits per heavy atom.